The molecule has 3 rings (SSSR count). The summed E-state index contributed by atoms with van der Waals surface area (Å²) in [6.45, 7) is 1.10. The Morgan fingerprint density at radius 2 is 1.76 bits per heavy atom. The van der Waals surface area contributed by atoms with Gasteiger partial charge in [0.1, 0.15) is 5.69 Å². The van der Waals surface area contributed by atoms with Crippen molar-refractivity contribution < 1.29 is 18.1 Å². The van der Waals surface area contributed by atoms with Crippen LogP contribution >= 0.6 is 0 Å². The number of morpholine rings is 1. The van der Waals surface area contributed by atoms with E-state index in [1.807, 2.05) is 6.07 Å². The van der Waals surface area contributed by atoms with Gasteiger partial charge in [-0.05, 0) is 24.3 Å². The van der Waals surface area contributed by atoms with Gasteiger partial charge in [-0.2, -0.15) is 4.31 Å². The number of benzene rings is 2. The number of hydrogen-bond acceptors (Lipinski definition) is 6. The second-order valence-electron chi connectivity index (χ2n) is 5.44. The van der Waals surface area contributed by atoms with E-state index in [0.717, 1.165) is 6.07 Å². The molecule has 0 spiro atoms. The maximum absolute atomic E-state index is 12.7. The zero-order valence-electron chi connectivity index (χ0n) is 13.3. The highest BCUT2D eigenvalue weighted by atomic mass is 32.2. The summed E-state index contributed by atoms with van der Waals surface area (Å²) in [6.07, 6.45) is 0. The van der Waals surface area contributed by atoms with Gasteiger partial charge >= 0.3 is 0 Å². The molecular formula is C16H17N3O5S. The first-order valence-corrected chi connectivity index (χ1v) is 9.11. The van der Waals surface area contributed by atoms with E-state index >= 15 is 0 Å². The Morgan fingerprint density at radius 1 is 1.08 bits per heavy atom. The Hall–Kier alpha value is -2.49. The average Bonchev–Trinajstić information content (AvgIpc) is 2.63. The fraction of sp³-hybridized carbons (Fsp3) is 0.250. The number of hydrogen-bond donors (Lipinski definition) is 1. The van der Waals surface area contributed by atoms with E-state index in [1.165, 1.54) is 16.4 Å². The molecule has 1 fully saturated rings. The lowest BCUT2D eigenvalue weighted by Crippen LogP contribution is -2.40. The fourth-order valence-electron chi connectivity index (χ4n) is 2.54. The van der Waals surface area contributed by atoms with Gasteiger partial charge in [0.05, 0.1) is 23.0 Å². The van der Waals surface area contributed by atoms with Gasteiger partial charge in [-0.25, -0.2) is 8.42 Å². The Labute approximate surface area is 145 Å². The quantitative estimate of drug-likeness (QED) is 0.646. The fourth-order valence-corrected chi connectivity index (χ4v) is 3.97. The first kappa shape index (κ1) is 17.3. The molecule has 0 amide bonds. The lowest BCUT2D eigenvalue weighted by molar-refractivity contribution is -0.384. The zero-order valence-corrected chi connectivity index (χ0v) is 14.1. The molecule has 0 aliphatic carbocycles. The number of ether oxygens (including phenoxy) is 1. The predicted octanol–water partition coefficient (Wildman–Crippen LogP) is 2.36. The van der Waals surface area contributed by atoms with E-state index in [9.17, 15) is 18.5 Å². The highest BCUT2D eigenvalue weighted by Crippen LogP contribution is 2.31. The average molecular weight is 363 g/mol. The second kappa shape index (κ2) is 7.18. The minimum atomic E-state index is -3.79. The molecule has 25 heavy (non-hydrogen) atoms. The Balaban J connectivity index is 1.95. The molecule has 0 radical (unpaired) electrons. The molecule has 9 heteroatoms. The molecule has 1 heterocycles. The van der Waals surface area contributed by atoms with Gasteiger partial charge in [0.25, 0.3) is 5.69 Å². The van der Waals surface area contributed by atoms with Crippen LogP contribution in [0.1, 0.15) is 0 Å². The summed E-state index contributed by atoms with van der Waals surface area (Å²) in [7, 11) is -3.79. The minimum Gasteiger partial charge on any atom is -0.379 e. The third-order valence-electron chi connectivity index (χ3n) is 3.83. The lowest BCUT2D eigenvalue weighted by Gasteiger charge is -2.26. The van der Waals surface area contributed by atoms with Crippen LogP contribution in [0.15, 0.2) is 53.4 Å². The summed E-state index contributed by atoms with van der Waals surface area (Å²) < 4.78 is 31.7. The van der Waals surface area contributed by atoms with E-state index < -0.39 is 14.9 Å². The van der Waals surface area contributed by atoms with Gasteiger partial charge in [0.15, 0.2) is 0 Å². The SMILES string of the molecule is O=[N+]([O-])c1cc(S(=O)(=O)N2CCOCC2)ccc1Nc1ccccc1. The summed E-state index contributed by atoms with van der Waals surface area (Å²) in [4.78, 5) is 10.7. The van der Waals surface area contributed by atoms with E-state index in [-0.39, 0.29) is 29.4 Å². The highest BCUT2D eigenvalue weighted by Gasteiger charge is 2.28. The van der Waals surface area contributed by atoms with Gasteiger partial charge in [-0.1, -0.05) is 18.2 Å². The van der Waals surface area contributed by atoms with E-state index in [4.69, 9.17) is 4.74 Å². The maximum atomic E-state index is 12.7. The topological polar surface area (TPSA) is 102 Å². The number of nitro groups is 1. The maximum Gasteiger partial charge on any atom is 0.294 e. The first-order valence-electron chi connectivity index (χ1n) is 7.67. The number of anilines is 2. The summed E-state index contributed by atoms with van der Waals surface area (Å²) in [5, 5.41) is 14.3. The van der Waals surface area contributed by atoms with E-state index in [0.29, 0.717) is 18.9 Å². The molecule has 0 unspecified atom stereocenters. The van der Waals surface area contributed by atoms with Gasteiger partial charge in [0, 0.05) is 24.8 Å². The van der Waals surface area contributed by atoms with Crippen LogP contribution in [0, 0.1) is 10.1 Å². The standard InChI is InChI=1S/C16H17N3O5S/c20-19(21)16-12-14(25(22,23)18-8-10-24-11-9-18)6-7-15(16)17-13-4-2-1-3-5-13/h1-7,12,17H,8-11H2. The minimum absolute atomic E-state index is 0.0975. The normalized spacial score (nSPS) is 15.7. The molecule has 2 aromatic rings. The van der Waals surface area contributed by atoms with Crippen molar-refractivity contribution in [3.63, 3.8) is 0 Å². The van der Waals surface area contributed by atoms with Crippen LogP contribution < -0.4 is 5.32 Å². The van der Waals surface area contributed by atoms with Crippen molar-refractivity contribution in [2.45, 2.75) is 4.90 Å². The highest BCUT2D eigenvalue weighted by molar-refractivity contribution is 7.89. The number of sulfonamides is 1. The third kappa shape index (κ3) is 3.78. The largest absolute Gasteiger partial charge is 0.379 e. The molecule has 8 nitrogen and oxygen atoms in total. The summed E-state index contributed by atoms with van der Waals surface area (Å²) in [6, 6.07) is 12.8. The molecule has 0 saturated carbocycles. The Morgan fingerprint density at radius 3 is 2.40 bits per heavy atom. The van der Waals surface area contributed by atoms with Gasteiger partial charge in [-0.15, -0.1) is 0 Å². The number of rotatable bonds is 5. The molecule has 1 aliphatic heterocycles. The molecule has 0 atom stereocenters. The van der Waals surface area contributed by atoms with E-state index in [1.54, 1.807) is 24.3 Å². The Bertz CT molecular complexity index is 865. The summed E-state index contributed by atoms with van der Waals surface area (Å²) >= 11 is 0. The van der Waals surface area contributed by atoms with Crippen molar-refractivity contribution >= 4 is 27.1 Å². The molecule has 1 aliphatic rings. The van der Waals surface area contributed by atoms with Crippen LogP contribution in [0.5, 0.6) is 0 Å². The second-order valence-corrected chi connectivity index (χ2v) is 7.38. The molecule has 0 bridgehead atoms. The van der Waals surface area contributed by atoms with Crippen LogP contribution in [-0.2, 0) is 14.8 Å². The van der Waals surface area contributed by atoms with Crippen LogP contribution in [0.2, 0.25) is 0 Å². The predicted molar refractivity (Wildman–Crippen MR) is 92.4 cm³/mol. The first-order chi connectivity index (χ1) is 12.0. The monoisotopic (exact) mass is 363 g/mol. The lowest BCUT2D eigenvalue weighted by atomic mass is 10.2. The number of nitrogens with one attached hydrogen (secondary N) is 1. The van der Waals surface area contributed by atoms with Gasteiger partial charge in [-0.3, -0.25) is 10.1 Å². The molecule has 132 valence electrons. The summed E-state index contributed by atoms with van der Waals surface area (Å²) in [5.74, 6) is 0. The molecule has 2 aromatic carbocycles. The summed E-state index contributed by atoms with van der Waals surface area (Å²) in [5.41, 5.74) is 0.615. The molecular weight excluding hydrogens is 346 g/mol. The number of nitro benzene ring substituents is 1. The van der Waals surface area contributed by atoms with Gasteiger partial charge in [0.2, 0.25) is 10.0 Å². The van der Waals surface area contributed by atoms with Crippen molar-refractivity contribution in [3.8, 4) is 0 Å². The van der Waals surface area contributed by atoms with Crippen LogP contribution in [-0.4, -0.2) is 43.9 Å². The molecule has 1 saturated heterocycles. The number of para-hydroxylation sites is 1. The van der Waals surface area contributed by atoms with Crippen molar-refractivity contribution in [2.24, 2.45) is 0 Å². The van der Waals surface area contributed by atoms with Crippen LogP contribution in [0.3, 0.4) is 0 Å². The van der Waals surface area contributed by atoms with Crippen LogP contribution in [0.25, 0.3) is 0 Å². The van der Waals surface area contributed by atoms with Crippen molar-refractivity contribution in [1.82, 2.24) is 4.31 Å². The van der Waals surface area contributed by atoms with E-state index in [2.05, 4.69) is 5.32 Å². The van der Waals surface area contributed by atoms with Crippen molar-refractivity contribution in [2.75, 3.05) is 31.6 Å². The molecule has 0 aromatic heterocycles. The smallest absolute Gasteiger partial charge is 0.294 e. The zero-order chi connectivity index (χ0) is 17.9. The van der Waals surface area contributed by atoms with Crippen LogP contribution in [0.4, 0.5) is 17.1 Å². The van der Waals surface area contributed by atoms with Crippen molar-refractivity contribution in [3.05, 3.63) is 58.6 Å². The van der Waals surface area contributed by atoms with Crippen molar-refractivity contribution in [1.29, 1.82) is 0 Å². The third-order valence-corrected chi connectivity index (χ3v) is 5.72. The number of nitrogens with zero attached hydrogens (tertiary/aromatic N) is 2. The molecule has 1 N–H and O–H groups in total. The van der Waals surface area contributed by atoms with Gasteiger partial charge < -0.3 is 10.1 Å². The Kier molecular flexibility index (Phi) is 4.98.